The molecule has 1 saturated heterocycles. The van der Waals surface area contributed by atoms with Crippen LogP contribution in [-0.2, 0) is 20.9 Å². The predicted molar refractivity (Wildman–Crippen MR) is 90.3 cm³/mol. The maximum atomic E-state index is 10.6. The largest absolute Gasteiger partial charge is 0.539 e. The fraction of sp³-hybridized carbons (Fsp3) is 0.556. The van der Waals surface area contributed by atoms with Crippen molar-refractivity contribution in [2.24, 2.45) is 0 Å². The van der Waals surface area contributed by atoms with E-state index in [4.69, 9.17) is 29.3 Å². The van der Waals surface area contributed by atoms with Crippen molar-refractivity contribution in [2.75, 3.05) is 20.3 Å². The highest BCUT2D eigenvalue weighted by Crippen LogP contribution is 2.30. The molecule has 8 nitrogen and oxygen atoms in total. The second kappa shape index (κ2) is 9.51. The summed E-state index contributed by atoms with van der Waals surface area (Å²) in [5.74, 6) is -3.14. The summed E-state index contributed by atoms with van der Waals surface area (Å²) in [7, 11) is 1.67. The van der Waals surface area contributed by atoms with Gasteiger partial charge in [-0.05, 0) is 38.1 Å². The molecule has 0 spiro atoms. The van der Waals surface area contributed by atoms with Gasteiger partial charge >= 0.3 is 5.97 Å². The first-order chi connectivity index (χ1) is 12.1. The lowest BCUT2D eigenvalue weighted by Gasteiger charge is -2.40. The first kappa shape index (κ1) is 21.9. The summed E-state index contributed by atoms with van der Waals surface area (Å²) in [5.41, 5.74) is 0.399. The van der Waals surface area contributed by atoms with Gasteiger partial charge < -0.3 is 34.9 Å². The highest BCUT2D eigenvalue weighted by atomic mass is 16.5. The van der Waals surface area contributed by atoms with Crippen LogP contribution in [0, 0.1) is 0 Å². The van der Waals surface area contributed by atoms with Crippen LogP contribution in [-0.4, -0.2) is 53.6 Å². The van der Waals surface area contributed by atoms with E-state index in [-0.39, 0.29) is 5.60 Å². The van der Waals surface area contributed by atoms with E-state index >= 15 is 0 Å². The molecule has 0 radical (unpaired) electrons. The van der Waals surface area contributed by atoms with Gasteiger partial charge in [-0.3, -0.25) is 0 Å². The normalized spacial score (nSPS) is 21.2. The Morgan fingerprint density at radius 2 is 1.88 bits per heavy atom. The topological polar surface area (TPSA) is 133 Å². The Kier molecular flexibility index (Phi) is 8.01. The standard InChI is InChI=1S/C16H25NO3.C2H2O4/c1-15(2)11-16(18,8-9-20-15)12-17-10-13-4-6-14(19-3)7-5-13;3-1(4)2(5)6/h4-7,17-18H,8-12H2,1-3H3;(H,3,4)(H,5,6). The van der Waals surface area contributed by atoms with Crippen LogP contribution in [0.25, 0.3) is 0 Å². The number of carboxylic acids is 2. The summed E-state index contributed by atoms with van der Waals surface area (Å²) >= 11 is 0. The average molecular weight is 369 g/mol. The van der Waals surface area contributed by atoms with Crippen LogP contribution in [0.3, 0.4) is 0 Å². The Bertz CT molecular complexity index is 588. The van der Waals surface area contributed by atoms with Crippen molar-refractivity contribution in [1.82, 2.24) is 0 Å². The molecule has 0 aliphatic carbocycles. The number of methoxy groups -OCH3 is 1. The number of carbonyl (C=O) groups excluding carboxylic acids is 1. The molecule has 0 bridgehead atoms. The molecule has 1 aromatic rings. The molecule has 146 valence electrons. The van der Waals surface area contributed by atoms with Gasteiger partial charge in [-0.1, -0.05) is 0 Å². The van der Waals surface area contributed by atoms with E-state index in [0.29, 0.717) is 19.6 Å². The first-order valence-electron chi connectivity index (χ1n) is 8.32. The van der Waals surface area contributed by atoms with Crippen LogP contribution in [0.2, 0.25) is 0 Å². The molecule has 0 aromatic heterocycles. The van der Waals surface area contributed by atoms with E-state index in [0.717, 1.165) is 18.7 Å². The van der Waals surface area contributed by atoms with E-state index in [2.05, 4.69) is 17.4 Å². The van der Waals surface area contributed by atoms with Gasteiger partial charge in [0.25, 0.3) is 0 Å². The number of hydrogen-bond donors (Lipinski definition) is 3. The van der Waals surface area contributed by atoms with Crippen LogP contribution in [0.5, 0.6) is 5.75 Å². The molecule has 1 aromatic carbocycles. The number of nitrogens with two attached hydrogens (primary N) is 1. The third-order valence-electron chi connectivity index (χ3n) is 4.05. The lowest BCUT2D eigenvalue weighted by molar-refractivity contribution is -0.683. The zero-order valence-electron chi connectivity index (χ0n) is 15.4. The van der Waals surface area contributed by atoms with Crippen LogP contribution in [0.4, 0.5) is 0 Å². The quantitative estimate of drug-likeness (QED) is 0.561. The Hall–Kier alpha value is -2.16. The average Bonchev–Trinajstić information content (AvgIpc) is 2.54. The van der Waals surface area contributed by atoms with Crippen molar-refractivity contribution >= 4 is 11.9 Å². The Morgan fingerprint density at radius 1 is 1.31 bits per heavy atom. The lowest BCUT2D eigenvalue weighted by atomic mass is 9.84. The Labute approximate surface area is 152 Å². The van der Waals surface area contributed by atoms with Crippen molar-refractivity contribution < 1.29 is 39.7 Å². The first-order valence-corrected chi connectivity index (χ1v) is 8.32. The summed E-state index contributed by atoms with van der Waals surface area (Å²) in [6.07, 6.45) is 1.41. The van der Waals surface area contributed by atoms with E-state index in [1.165, 1.54) is 5.56 Å². The van der Waals surface area contributed by atoms with Crippen molar-refractivity contribution in [2.45, 2.75) is 44.4 Å². The van der Waals surface area contributed by atoms with Gasteiger partial charge in [0.15, 0.2) is 5.97 Å². The van der Waals surface area contributed by atoms with Gasteiger partial charge in [0, 0.05) is 18.4 Å². The highest BCUT2D eigenvalue weighted by Gasteiger charge is 2.40. The number of carbonyl (C=O) groups is 2. The van der Waals surface area contributed by atoms with Crippen molar-refractivity contribution in [3.05, 3.63) is 29.8 Å². The number of aliphatic carboxylic acids is 2. The number of hydrogen-bond acceptors (Lipinski definition) is 6. The SMILES string of the molecule is COc1ccc(C[NH2+]CC2(O)CCOC(C)(C)C2)cc1.O=C([O-])C(=O)O. The van der Waals surface area contributed by atoms with Crippen LogP contribution < -0.4 is 15.2 Å². The molecular formula is C18H27NO7. The zero-order valence-corrected chi connectivity index (χ0v) is 15.4. The van der Waals surface area contributed by atoms with E-state index in [1.54, 1.807) is 7.11 Å². The molecule has 1 heterocycles. The number of quaternary nitrogens is 1. The molecule has 26 heavy (non-hydrogen) atoms. The molecule has 4 N–H and O–H groups in total. The van der Waals surface area contributed by atoms with Crippen molar-refractivity contribution in [1.29, 1.82) is 0 Å². The molecule has 1 unspecified atom stereocenters. The predicted octanol–water partition coefficient (Wildman–Crippen LogP) is -1.10. The monoisotopic (exact) mass is 369 g/mol. The smallest absolute Gasteiger partial charge is 0.351 e. The summed E-state index contributed by atoms with van der Waals surface area (Å²) in [6.45, 7) is 6.31. The third-order valence-corrected chi connectivity index (χ3v) is 4.05. The molecule has 1 fully saturated rings. The van der Waals surface area contributed by atoms with Crippen molar-refractivity contribution in [3.63, 3.8) is 0 Å². The van der Waals surface area contributed by atoms with Gasteiger partial charge in [0.1, 0.15) is 24.4 Å². The fourth-order valence-corrected chi connectivity index (χ4v) is 2.89. The van der Waals surface area contributed by atoms with Crippen LogP contribution in [0.1, 0.15) is 32.3 Å². The number of rotatable bonds is 5. The number of carboxylic acid groups (broad SMARTS) is 2. The van der Waals surface area contributed by atoms with Gasteiger partial charge in [-0.25, -0.2) is 4.79 Å². The minimum absolute atomic E-state index is 0.221. The molecule has 1 aliphatic rings. The van der Waals surface area contributed by atoms with Gasteiger partial charge in [-0.15, -0.1) is 0 Å². The molecule has 0 saturated carbocycles. The summed E-state index contributed by atoms with van der Waals surface area (Å²) < 4.78 is 10.8. The summed E-state index contributed by atoms with van der Waals surface area (Å²) in [5, 5.41) is 29.1. The maximum absolute atomic E-state index is 10.6. The number of benzene rings is 1. The van der Waals surface area contributed by atoms with Crippen molar-refractivity contribution in [3.8, 4) is 5.75 Å². The van der Waals surface area contributed by atoms with Gasteiger partial charge in [-0.2, -0.15) is 0 Å². The van der Waals surface area contributed by atoms with Gasteiger partial charge in [0.2, 0.25) is 0 Å². The minimum atomic E-state index is -2.07. The van der Waals surface area contributed by atoms with Gasteiger partial charge in [0.05, 0.1) is 19.3 Å². The zero-order chi connectivity index (χ0) is 19.8. The summed E-state index contributed by atoms with van der Waals surface area (Å²) in [4.78, 5) is 18.0. The second-order valence-electron chi connectivity index (χ2n) is 6.90. The van der Waals surface area contributed by atoms with E-state index < -0.39 is 17.5 Å². The lowest BCUT2D eigenvalue weighted by Crippen LogP contribution is -2.87. The van der Waals surface area contributed by atoms with E-state index in [1.807, 2.05) is 26.0 Å². The molecule has 1 atom stereocenters. The Morgan fingerprint density at radius 3 is 2.35 bits per heavy atom. The number of ether oxygens (including phenoxy) is 2. The molecule has 1 aliphatic heterocycles. The minimum Gasteiger partial charge on any atom is -0.539 e. The molecule has 0 amide bonds. The van der Waals surface area contributed by atoms with Crippen LogP contribution >= 0.6 is 0 Å². The highest BCUT2D eigenvalue weighted by molar-refractivity contribution is 6.26. The summed E-state index contributed by atoms with van der Waals surface area (Å²) in [6, 6.07) is 8.06. The molecular weight excluding hydrogens is 342 g/mol. The second-order valence-corrected chi connectivity index (χ2v) is 6.90. The van der Waals surface area contributed by atoms with E-state index in [9.17, 15) is 5.11 Å². The fourth-order valence-electron chi connectivity index (χ4n) is 2.89. The third kappa shape index (κ3) is 7.81. The van der Waals surface area contributed by atoms with Crippen LogP contribution in [0.15, 0.2) is 24.3 Å². The molecule has 8 heteroatoms. The number of aliphatic hydroxyl groups is 1. The maximum Gasteiger partial charge on any atom is 0.351 e. The Balaban J connectivity index is 0.000000487. The molecule has 2 rings (SSSR count).